The number of nitrogens with one attached hydrogen (secondary N) is 1. The topological polar surface area (TPSA) is 28.4 Å². The van der Waals surface area contributed by atoms with Gasteiger partial charge in [-0.1, -0.05) is 13.8 Å². The Kier molecular flexibility index (Phi) is 5.60. The summed E-state index contributed by atoms with van der Waals surface area (Å²) in [5, 5.41) is 3.41. The van der Waals surface area contributed by atoms with Crippen LogP contribution in [-0.4, -0.2) is 35.5 Å². The van der Waals surface area contributed by atoms with Crippen molar-refractivity contribution in [3.05, 3.63) is 23.7 Å². The molecule has 0 unspecified atom stereocenters. The van der Waals surface area contributed by atoms with Crippen molar-refractivity contribution in [2.75, 3.05) is 24.6 Å². The molecule has 0 aliphatic carbocycles. The van der Waals surface area contributed by atoms with Crippen molar-refractivity contribution in [3.63, 3.8) is 0 Å². The van der Waals surface area contributed by atoms with Crippen LogP contribution in [0.3, 0.4) is 0 Å². The summed E-state index contributed by atoms with van der Waals surface area (Å²) in [6, 6.07) is 2.71. The lowest BCUT2D eigenvalue weighted by molar-refractivity contribution is 0.262. The molecule has 1 aromatic heterocycles. The molecule has 2 rings (SSSR count). The van der Waals surface area contributed by atoms with Crippen LogP contribution < -0.4 is 5.32 Å². The second-order valence-corrected chi connectivity index (χ2v) is 6.42. The molecule has 1 aliphatic heterocycles. The zero-order valence-corrected chi connectivity index (χ0v) is 12.3. The van der Waals surface area contributed by atoms with Gasteiger partial charge in [0.2, 0.25) is 0 Å². The highest BCUT2D eigenvalue weighted by molar-refractivity contribution is 7.99. The summed E-state index contributed by atoms with van der Waals surface area (Å²) in [4.78, 5) is 2.50. The Hall–Kier alpha value is -0.450. The average Bonchev–Trinajstić information content (AvgIpc) is 2.62. The van der Waals surface area contributed by atoms with Gasteiger partial charge in [0, 0.05) is 30.4 Å². The van der Waals surface area contributed by atoms with Gasteiger partial charge < -0.3 is 9.73 Å². The summed E-state index contributed by atoms with van der Waals surface area (Å²) in [6.45, 7) is 8.57. The fourth-order valence-electron chi connectivity index (χ4n) is 2.10. The number of hydrogen-bond acceptors (Lipinski definition) is 4. The first-order valence-corrected chi connectivity index (χ1v) is 7.99. The van der Waals surface area contributed by atoms with Crippen LogP contribution in [-0.2, 0) is 13.1 Å². The van der Waals surface area contributed by atoms with Gasteiger partial charge in [-0.25, -0.2) is 0 Å². The lowest BCUT2D eigenvalue weighted by Crippen LogP contribution is -2.25. The van der Waals surface area contributed by atoms with Gasteiger partial charge in [-0.15, -0.1) is 0 Å². The van der Waals surface area contributed by atoms with Gasteiger partial charge in [0.25, 0.3) is 0 Å². The van der Waals surface area contributed by atoms with Crippen LogP contribution in [0.25, 0.3) is 0 Å². The van der Waals surface area contributed by atoms with Gasteiger partial charge in [0.1, 0.15) is 5.76 Å². The monoisotopic (exact) mass is 268 g/mol. The fourth-order valence-corrected chi connectivity index (χ4v) is 3.02. The molecule has 0 radical (unpaired) electrons. The van der Waals surface area contributed by atoms with Crippen molar-refractivity contribution in [3.8, 4) is 0 Å². The van der Waals surface area contributed by atoms with Crippen molar-refractivity contribution >= 4 is 11.8 Å². The predicted octanol–water partition coefficient (Wildman–Crippen LogP) is 2.72. The van der Waals surface area contributed by atoms with Crippen LogP contribution in [0.2, 0.25) is 0 Å². The Bertz CT molecular complexity index is 343. The van der Waals surface area contributed by atoms with Gasteiger partial charge in [0.05, 0.1) is 12.8 Å². The molecule has 0 atom stereocenters. The first-order chi connectivity index (χ1) is 8.74. The first kappa shape index (κ1) is 14.0. The molecule has 2 heterocycles. The molecule has 0 saturated carbocycles. The van der Waals surface area contributed by atoms with Crippen molar-refractivity contribution in [2.45, 2.75) is 39.4 Å². The molecule has 1 aromatic rings. The van der Waals surface area contributed by atoms with E-state index in [0.717, 1.165) is 18.8 Å². The maximum absolute atomic E-state index is 5.65. The normalized spacial score (nSPS) is 18.2. The smallest absolute Gasteiger partial charge is 0.118 e. The third-order valence-electron chi connectivity index (χ3n) is 3.12. The quantitative estimate of drug-likeness (QED) is 0.889. The Labute approximate surface area is 114 Å². The Morgan fingerprint density at radius 2 is 2.28 bits per heavy atom. The third kappa shape index (κ3) is 4.67. The third-order valence-corrected chi connectivity index (χ3v) is 4.17. The van der Waals surface area contributed by atoms with Crippen LogP contribution in [0.15, 0.2) is 16.7 Å². The first-order valence-electron chi connectivity index (χ1n) is 6.84. The van der Waals surface area contributed by atoms with E-state index in [4.69, 9.17) is 4.42 Å². The Balaban J connectivity index is 1.81. The van der Waals surface area contributed by atoms with Gasteiger partial charge in [-0.3, -0.25) is 4.90 Å². The van der Waals surface area contributed by atoms with E-state index in [1.807, 2.05) is 6.26 Å². The van der Waals surface area contributed by atoms with Crippen LogP contribution >= 0.6 is 11.8 Å². The minimum atomic E-state index is 0.519. The van der Waals surface area contributed by atoms with E-state index in [9.17, 15) is 0 Å². The van der Waals surface area contributed by atoms with E-state index in [-0.39, 0.29) is 0 Å². The molecule has 0 bridgehead atoms. The van der Waals surface area contributed by atoms with E-state index in [2.05, 4.69) is 41.9 Å². The summed E-state index contributed by atoms with van der Waals surface area (Å²) >= 11 is 2.06. The minimum absolute atomic E-state index is 0.519. The standard InChI is InChI=1S/C14H24N2OS/c1-12(2)15-9-13-8-14(17-11-13)10-16-4-3-6-18-7-5-16/h8,11-12,15H,3-7,9-10H2,1-2H3. The molecule has 1 aliphatic rings. The Morgan fingerprint density at radius 1 is 1.39 bits per heavy atom. The average molecular weight is 268 g/mol. The second kappa shape index (κ2) is 7.22. The highest BCUT2D eigenvalue weighted by atomic mass is 32.2. The predicted molar refractivity (Wildman–Crippen MR) is 77.9 cm³/mol. The largest absolute Gasteiger partial charge is 0.468 e. The van der Waals surface area contributed by atoms with Crippen molar-refractivity contribution < 1.29 is 4.42 Å². The van der Waals surface area contributed by atoms with Crippen molar-refractivity contribution in [2.24, 2.45) is 0 Å². The second-order valence-electron chi connectivity index (χ2n) is 5.20. The van der Waals surface area contributed by atoms with Gasteiger partial charge in [-0.05, 0) is 24.8 Å². The zero-order chi connectivity index (χ0) is 12.8. The van der Waals surface area contributed by atoms with Crippen LogP contribution in [0.4, 0.5) is 0 Å². The minimum Gasteiger partial charge on any atom is -0.468 e. The van der Waals surface area contributed by atoms with Gasteiger partial charge >= 0.3 is 0 Å². The van der Waals surface area contributed by atoms with Crippen LogP contribution in [0.5, 0.6) is 0 Å². The molecule has 4 heteroatoms. The van der Waals surface area contributed by atoms with Crippen molar-refractivity contribution in [1.29, 1.82) is 0 Å². The summed E-state index contributed by atoms with van der Waals surface area (Å²) in [6.07, 6.45) is 3.18. The molecular formula is C14H24N2OS. The lowest BCUT2D eigenvalue weighted by Gasteiger charge is -2.17. The number of nitrogens with zero attached hydrogens (tertiary/aromatic N) is 1. The molecule has 102 valence electrons. The number of thioether (sulfide) groups is 1. The van der Waals surface area contributed by atoms with E-state index < -0.39 is 0 Å². The van der Waals surface area contributed by atoms with Crippen LogP contribution in [0.1, 0.15) is 31.6 Å². The number of furan rings is 1. The summed E-state index contributed by atoms with van der Waals surface area (Å²) < 4.78 is 5.65. The maximum atomic E-state index is 5.65. The SMILES string of the molecule is CC(C)NCc1coc(CN2CCCSCC2)c1. The Morgan fingerprint density at radius 3 is 3.11 bits per heavy atom. The lowest BCUT2D eigenvalue weighted by atomic mass is 10.2. The summed E-state index contributed by atoms with van der Waals surface area (Å²) in [7, 11) is 0. The van der Waals surface area contributed by atoms with Crippen molar-refractivity contribution in [1.82, 2.24) is 10.2 Å². The molecular weight excluding hydrogens is 244 g/mol. The highest BCUT2D eigenvalue weighted by Gasteiger charge is 2.11. The fraction of sp³-hybridized carbons (Fsp3) is 0.714. The molecule has 0 spiro atoms. The van der Waals surface area contributed by atoms with E-state index in [0.29, 0.717) is 6.04 Å². The van der Waals surface area contributed by atoms with E-state index >= 15 is 0 Å². The number of rotatable bonds is 5. The molecule has 1 N–H and O–H groups in total. The highest BCUT2D eigenvalue weighted by Crippen LogP contribution is 2.15. The van der Waals surface area contributed by atoms with Crippen LogP contribution in [0, 0.1) is 0 Å². The van der Waals surface area contributed by atoms with Gasteiger partial charge in [-0.2, -0.15) is 11.8 Å². The van der Waals surface area contributed by atoms with E-state index in [1.165, 1.54) is 36.6 Å². The summed E-state index contributed by atoms with van der Waals surface area (Å²) in [5.74, 6) is 3.66. The molecule has 1 saturated heterocycles. The molecule has 0 amide bonds. The summed E-state index contributed by atoms with van der Waals surface area (Å²) in [5.41, 5.74) is 1.25. The molecule has 1 fully saturated rings. The number of hydrogen-bond donors (Lipinski definition) is 1. The molecule has 18 heavy (non-hydrogen) atoms. The van der Waals surface area contributed by atoms with E-state index in [1.54, 1.807) is 0 Å². The zero-order valence-electron chi connectivity index (χ0n) is 11.4. The van der Waals surface area contributed by atoms with Gasteiger partial charge in [0.15, 0.2) is 0 Å². The molecule has 0 aromatic carbocycles. The molecule has 3 nitrogen and oxygen atoms in total. The maximum Gasteiger partial charge on any atom is 0.118 e.